The Bertz CT molecular complexity index is 1370. The maximum Gasteiger partial charge on any atom is 0.260 e. The Morgan fingerprint density at radius 2 is 1.68 bits per heavy atom. The Morgan fingerprint density at radius 3 is 2.34 bits per heavy atom. The standard InChI is InChI=1S/C30H31ClN4O3/c1-21(2)18-34(30(37)20-38-26-15-11-24(31)12-16-26)19-29(36)32-28-17-27(23-7-5-4-6-8-23)33-35(28)25-13-9-22(3)10-14-25/h4-17,21H,18-20H2,1-3H3,(H,32,36). The fourth-order valence-corrected chi connectivity index (χ4v) is 4.05. The first-order valence-electron chi connectivity index (χ1n) is 12.5. The number of carbonyl (C=O) groups excluding carboxylic acids is 2. The van der Waals surface area contributed by atoms with Crippen molar-refractivity contribution in [1.82, 2.24) is 14.7 Å². The zero-order chi connectivity index (χ0) is 27.1. The monoisotopic (exact) mass is 530 g/mol. The molecule has 1 aromatic heterocycles. The summed E-state index contributed by atoms with van der Waals surface area (Å²) in [5, 5.41) is 8.31. The second-order valence-corrected chi connectivity index (χ2v) is 9.92. The zero-order valence-corrected chi connectivity index (χ0v) is 22.5. The molecule has 1 N–H and O–H groups in total. The van der Waals surface area contributed by atoms with Crippen LogP contribution in [0.15, 0.2) is 84.9 Å². The Balaban J connectivity index is 1.51. The Labute approximate surface area is 228 Å². The number of ether oxygens (including phenoxy) is 1. The van der Waals surface area contributed by atoms with Gasteiger partial charge in [-0.3, -0.25) is 9.59 Å². The zero-order valence-electron chi connectivity index (χ0n) is 21.7. The maximum atomic E-state index is 13.2. The predicted molar refractivity (Wildman–Crippen MR) is 151 cm³/mol. The van der Waals surface area contributed by atoms with E-state index in [0.717, 1.165) is 22.5 Å². The number of anilines is 1. The van der Waals surface area contributed by atoms with Crippen molar-refractivity contribution in [3.63, 3.8) is 0 Å². The summed E-state index contributed by atoms with van der Waals surface area (Å²) in [7, 11) is 0. The van der Waals surface area contributed by atoms with Gasteiger partial charge in [0.15, 0.2) is 6.61 Å². The third-order valence-electron chi connectivity index (χ3n) is 5.77. The summed E-state index contributed by atoms with van der Waals surface area (Å²) < 4.78 is 7.33. The van der Waals surface area contributed by atoms with Crippen LogP contribution in [0.25, 0.3) is 16.9 Å². The van der Waals surface area contributed by atoms with Crippen molar-refractivity contribution >= 4 is 29.2 Å². The van der Waals surface area contributed by atoms with E-state index >= 15 is 0 Å². The fraction of sp³-hybridized carbons (Fsp3) is 0.233. The molecule has 0 unspecified atom stereocenters. The van der Waals surface area contributed by atoms with Crippen molar-refractivity contribution in [1.29, 1.82) is 0 Å². The molecule has 0 fully saturated rings. The molecule has 2 amide bonds. The molecule has 1 heterocycles. The van der Waals surface area contributed by atoms with Gasteiger partial charge in [0.1, 0.15) is 18.1 Å². The minimum atomic E-state index is -0.321. The van der Waals surface area contributed by atoms with E-state index in [4.69, 9.17) is 21.4 Å². The summed E-state index contributed by atoms with van der Waals surface area (Å²) in [6.45, 7) is 6.14. The van der Waals surface area contributed by atoms with Gasteiger partial charge in [-0.25, -0.2) is 4.68 Å². The van der Waals surface area contributed by atoms with Crippen LogP contribution in [0.5, 0.6) is 5.75 Å². The van der Waals surface area contributed by atoms with Crippen LogP contribution in [0.4, 0.5) is 5.82 Å². The predicted octanol–water partition coefficient (Wildman–Crippen LogP) is 6.00. The molecule has 0 saturated carbocycles. The van der Waals surface area contributed by atoms with Crippen molar-refractivity contribution in [2.45, 2.75) is 20.8 Å². The van der Waals surface area contributed by atoms with Crippen LogP contribution >= 0.6 is 11.6 Å². The molecular weight excluding hydrogens is 500 g/mol. The molecule has 0 aliphatic rings. The van der Waals surface area contributed by atoms with Crippen LogP contribution in [0.1, 0.15) is 19.4 Å². The normalized spacial score (nSPS) is 10.9. The van der Waals surface area contributed by atoms with Crippen LogP contribution in [0.2, 0.25) is 5.02 Å². The summed E-state index contributed by atoms with van der Waals surface area (Å²) >= 11 is 5.92. The van der Waals surface area contributed by atoms with Crippen molar-refractivity contribution in [3.8, 4) is 22.7 Å². The average molecular weight is 531 g/mol. The van der Waals surface area contributed by atoms with Crippen LogP contribution < -0.4 is 10.1 Å². The number of aromatic nitrogens is 2. The van der Waals surface area contributed by atoms with E-state index in [1.165, 1.54) is 4.90 Å². The van der Waals surface area contributed by atoms with Crippen molar-refractivity contribution in [3.05, 3.63) is 95.5 Å². The highest BCUT2D eigenvalue weighted by atomic mass is 35.5. The highest BCUT2D eigenvalue weighted by Crippen LogP contribution is 2.25. The van der Waals surface area contributed by atoms with Crippen molar-refractivity contribution < 1.29 is 14.3 Å². The molecule has 196 valence electrons. The molecule has 7 nitrogen and oxygen atoms in total. The van der Waals surface area contributed by atoms with E-state index < -0.39 is 0 Å². The smallest absolute Gasteiger partial charge is 0.260 e. The van der Waals surface area contributed by atoms with E-state index in [1.54, 1.807) is 28.9 Å². The molecule has 0 aliphatic carbocycles. The first-order valence-corrected chi connectivity index (χ1v) is 12.8. The van der Waals surface area contributed by atoms with Gasteiger partial charge in [0.25, 0.3) is 5.91 Å². The van der Waals surface area contributed by atoms with E-state index in [0.29, 0.717) is 23.1 Å². The van der Waals surface area contributed by atoms with Gasteiger partial charge in [-0.1, -0.05) is 73.5 Å². The molecule has 0 atom stereocenters. The van der Waals surface area contributed by atoms with Gasteiger partial charge in [-0.05, 0) is 49.2 Å². The van der Waals surface area contributed by atoms with Gasteiger partial charge in [-0.15, -0.1) is 0 Å². The second-order valence-electron chi connectivity index (χ2n) is 9.49. The number of nitrogens with zero attached hydrogens (tertiary/aromatic N) is 3. The molecule has 0 spiro atoms. The Hall–Kier alpha value is -4.10. The Kier molecular flexibility index (Phi) is 8.81. The lowest BCUT2D eigenvalue weighted by Gasteiger charge is -2.24. The van der Waals surface area contributed by atoms with E-state index in [2.05, 4.69) is 5.32 Å². The molecule has 0 radical (unpaired) electrons. The Morgan fingerprint density at radius 1 is 1.00 bits per heavy atom. The lowest BCUT2D eigenvalue weighted by molar-refractivity contribution is -0.137. The maximum absolute atomic E-state index is 13.2. The molecule has 8 heteroatoms. The van der Waals surface area contributed by atoms with Crippen molar-refractivity contribution in [2.75, 3.05) is 25.0 Å². The van der Waals surface area contributed by atoms with Crippen LogP contribution in [0.3, 0.4) is 0 Å². The minimum Gasteiger partial charge on any atom is -0.484 e. The van der Waals surface area contributed by atoms with Crippen LogP contribution in [-0.4, -0.2) is 46.2 Å². The first kappa shape index (κ1) is 26.9. The number of halogens is 1. The summed E-state index contributed by atoms with van der Waals surface area (Å²) in [5.74, 6) is 0.628. The average Bonchev–Trinajstić information content (AvgIpc) is 3.32. The van der Waals surface area contributed by atoms with Crippen LogP contribution in [-0.2, 0) is 9.59 Å². The first-order chi connectivity index (χ1) is 18.3. The molecule has 38 heavy (non-hydrogen) atoms. The molecule has 0 bridgehead atoms. The quantitative estimate of drug-likeness (QED) is 0.273. The van der Waals surface area contributed by atoms with Gasteiger partial charge >= 0.3 is 0 Å². The summed E-state index contributed by atoms with van der Waals surface area (Å²) in [6.07, 6.45) is 0. The number of amides is 2. The molecular formula is C30H31ClN4O3. The molecule has 0 saturated heterocycles. The largest absolute Gasteiger partial charge is 0.484 e. The number of rotatable bonds is 10. The van der Waals surface area contributed by atoms with Gasteiger partial charge in [0.2, 0.25) is 5.91 Å². The fourth-order valence-electron chi connectivity index (χ4n) is 3.92. The minimum absolute atomic E-state index is 0.110. The topological polar surface area (TPSA) is 76.5 Å². The number of aryl methyl sites for hydroxylation is 1. The summed E-state index contributed by atoms with van der Waals surface area (Å²) in [5.41, 5.74) is 3.61. The molecule has 4 aromatic rings. The third-order valence-corrected chi connectivity index (χ3v) is 6.03. The number of carbonyl (C=O) groups is 2. The number of hydrogen-bond acceptors (Lipinski definition) is 4. The van der Waals surface area contributed by atoms with Crippen molar-refractivity contribution in [2.24, 2.45) is 5.92 Å². The lowest BCUT2D eigenvalue weighted by Crippen LogP contribution is -2.42. The highest BCUT2D eigenvalue weighted by molar-refractivity contribution is 6.30. The number of hydrogen-bond donors (Lipinski definition) is 1. The van der Waals surface area contributed by atoms with Gasteiger partial charge in [-0.2, -0.15) is 5.10 Å². The lowest BCUT2D eigenvalue weighted by atomic mass is 10.1. The second kappa shape index (κ2) is 12.4. The number of benzene rings is 3. The molecule has 3 aromatic carbocycles. The van der Waals surface area contributed by atoms with Gasteiger partial charge < -0.3 is 15.0 Å². The summed E-state index contributed by atoms with van der Waals surface area (Å²) in [4.78, 5) is 27.7. The van der Waals surface area contributed by atoms with E-state index in [9.17, 15) is 9.59 Å². The van der Waals surface area contributed by atoms with Gasteiger partial charge in [0.05, 0.1) is 11.4 Å². The molecule has 4 rings (SSSR count). The van der Waals surface area contributed by atoms with E-state index in [-0.39, 0.29) is 30.9 Å². The number of nitrogens with one attached hydrogen (secondary N) is 1. The van der Waals surface area contributed by atoms with Gasteiger partial charge in [0, 0.05) is 23.2 Å². The van der Waals surface area contributed by atoms with E-state index in [1.807, 2.05) is 81.4 Å². The third kappa shape index (κ3) is 7.23. The summed E-state index contributed by atoms with van der Waals surface area (Å²) in [6, 6.07) is 26.3. The highest BCUT2D eigenvalue weighted by Gasteiger charge is 2.21. The van der Waals surface area contributed by atoms with Crippen LogP contribution in [0, 0.1) is 12.8 Å². The molecule has 0 aliphatic heterocycles. The SMILES string of the molecule is Cc1ccc(-n2nc(-c3ccccc3)cc2NC(=O)CN(CC(C)C)C(=O)COc2ccc(Cl)cc2)cc1.